The van der Waals surface area contributed by atoms with Crippen molar-refractivity contribution >= 4 is 11.6 Å². The van der Waals surface area contributed by atoms with Gasteiger partial charge >= 0.3 is 0 Å². The van der Waals surface area contributed by atoms with Crippen molar-refractivity contribution in [3.05, 3.63) is 0 Å². The Morgan fingerprint density at radius 3 is 2.44 bits per heavy atom. The standard InChI is InChI=1S/C13H23ClO2/c1-3-15-13-11(14)8-12(13)16-10-6-4-9(2)5-7-10/h9-13H,3-8H2,1-2H3. The van der Waals surface area contributed by atoms with Crippen molar-refractivity contribution in [2.24, 2.45) is 5.92 Å². The zero-order valence-electron chi connectivity index (χ0n) is 10.3. The molecule has 0 heterocycles. The van der Waals surface area contributed by atoms with Crippen LogP contribution in [0.3, 0.4) is 0 Å². The highest BCUT2D eigenvalue weighted by molar-refractivity contribution is 6.21. The molecule has 3 atom stereocenters. The van der Waals surface area contributed by atoms with E-state index < -0.39 is 0 Å². The van der Waals surface area contributed by atoms with Gasteiger partial charge in [-0.2, -0.15) is 0 Å². The first-order valence-corrected chi connectivity index (χ1v) is 7.05. The largest absolute Gasteiger partial charge is 0.374 e. The van der Waals surface area contributed by atoms with Gasteiger partial charge in [0.2, 0.25) is 0 Å². The summed E-state index contributed by atoms with van der Waals surface area (Å²) in [6.07, 6.45) is 6.83. The second-order valence-corrected chi connectivity index (χ2v) is 5.79. The zero-order chi connectivity index (χ0) is 11.5. The second kappa shape index (κ2) is 5.70. The number of halogens is 1. The molecule has 0 aliphatic heterocycles. The highest BCUT2D eigenvalue weighted by Gasteiger charge is 2.42. The predicted molar refractivity (Wildman–Crippen MR) is 66.0 cm³/mol. The van der Waals surface area contributed by atoms with Gasteiger partial charge in [0.05, 0.1) is 17.6 Å². The fraction of sp³-hybridized carbons (Fsp3) is 1.00. The molecular formula is C13H23ClO2. The number of ether oxygens (including phenoxy) is 2. The molecule has 2 rings (SSSR count). The SMILES string of the molecule is CCOC1C(Cl)CC1OC1CCC(C)CC1. The van der Waals surface area contributed by atoms with Crippen LogP contribution in [0.2, 0.25) is 0 Å². The molecule has 0 spiro atoms. The second-order valence-electron chi connectivity index (χ2n) is 5.23. The molecule has 0 radical (unpaired) electrons. The van der Waals surface area contributed by atoms with Crippen molar-refractivity contribution in [2.45, 2.75) is 69.6 Å². The van der Waals surface area contributed by atoms with E-state index in [2.05, 4.69) is 6.92 Å². The lowest BCUT2D eigenvalue weighted by Crippen LogP contribution is -2.52. The molecule has 0 aromatic carbocycles. The first-order valence-electron chi connectivity index (χ1n) is 6.61. The van der Waals surface area contributed by atoms with Gasteiger partial charge in [-0.05, 0) is 44.9 Å². The summed E-state index contributed by atoms with van der Waals surface area (Å²) in [5, 5.41) is 0.160. The molecule has 0 amide bonds. The Morgan fingerprint density at radius 1 is 1.19 bits per heavy atom. The van der Waals surface area contributed by atoms with Crippen LogP contribution in [-0.2, 0) is 9.47 Å². The third kappa shape index (κ3) is 2.91. The number of hydrogen-bond donors (Lipinski definition) is 0. The van der Waals surface area contributed by atoms with Crippen LogP contribution in [-0.4, -0.2) is 30.3 Å². The molecule has 16 heavy (non-hydrogen) atoms. The molecule has 3 heteroatoms. The predicted octanol–water partition coefficient (Wildman–Crippen LogP) is 3.37. The third-order valence-electron chi connectivity index (χ3n) is 3.87. The van der Waals surface area contributed by atoms with Crippen LogP contribution in [0.1, 0.15) is 46.0 Å². The maximum Gasteiger partial charge on any atom is 0.100 e. The lowest BCUT2D eigenvalue weighted by Gasteiger charge is -2.43. The molecular weight excluding hydrogens is 224 g/mol. The average molecular weight is 247 g/mol. The van der Waals surface area contributed by atoms with Gasteiger partial charge in [-0.3, -0.25) is 0 Å². The van der Waals surface area contributed by atoms with E-state index in [-0.39, 0.29) is 17.6 Å². The summed E-state index contributed by atoms with van der Waals surface area (Å²) >= 11 is 6.12. The van der Waals surface area contributed by atoms with Gasteiger partial charge in [0, 0.05) is 6.61 Å². The lowest BCUT2D eigenvalue weighted by molar-refractivity contribution is -0.153. The Kier molecular flexibility index (Phi) is 4.51. The van der Waals surface area contributed by atoms with Crippen molar-refractivity contribution in [3.63, 3.8) is 0 Å². The molecule has 0 saturated heterocycles. The van der Waals surface area contributed by atoms with Gasteiger partial charge in [-0.25, -0.2) is 0 Å². The quantitative estimate of drug-likeness (QED) is 0.709. The van der Waals surface area contributed by atoms with Gasteiger partial charge in [0.1, 0.15) is 6.10 Å². The first-order chi connectivity index (χ1) is 7.70. The minimum absolute atomic E-state index is 0.131. The Labute approximate surface area is 104 Å². The molecule has 0 bridgehead atoms. The van der Waals surface area contributed by atoms with Crippen molar-refractivity contribution in [1.29, 1.82) is 0 Å². The average Bonchev–Trinajstić information content (AvgIpc) is 2.28. The van der Waals surface area contributed by atoms with E-state index in [0.29, 0.717) is 6.10 Å². The van der Waals surface area contributed by atoms with Crippen LogP contribution < -0.4 is 0 Å². The normalized spacial score (nSPS) is 44.1. The van der Waals surface area contributed by atoms with Crippen molar-refractivity contribution in [2.75, 3.05) is 6.61 Å². The van der Waals surface area contributed by atoms with E-state index >= 15 is 0 Å². The molecule has 2 saturated carbocycles. The van der Waals surface area contributed by atoms with E-state index in [9.17, 15) is 0 Å². The van der Waals surface area contributed by atoms with Crippen LogP contribution in [0.25, 0.3) is 0 Å². The zero-order valence-corrected chi connectivity index (χ0v) is 11.1. The van der Waals surface area contributed by atoms with E-state index in [0.717, 1.165) is 18.9 Å². The molecule has 2 aliphatic carbocycles. The van der Waals surface area contributed by atoms with Crippen LogP contribution in [0, 0.1) is 5.92 Å². The van der Waals surface area contributed by atoms with Gasteiger partial charge < -0.3 is 9.47 Å². The van der Waals surface area contributed by atoms with Gasteiger partial charge in [-0.1, -0.05) is 6.92 Å². The van der Waals surface area contributed by atoms with Crippen molar-refractivity contribution < 1.29 is 9.47 Å². The summed E-state index contributed by atoms with van der Waals surface area (Å²) in [7, 11) is 0. The fourth-order valence-electron chi connectivity index (χ4n) is 2.68. The van der Waals surface area contributed by atoms with E-state index in [1.54, 1.807) is 0 Å². The van der Waals surface area contributed by atoms with Gasteiger partial charge in [0.15, 0.2) is 0 Å². The maximum absolute atomic E-state index is 6.12. The highest BCUT2D eigenvalue weighted by atomic mass is 35.5. The Balaban J connectivity index is 1.73. The Bertz CT molecular complexity index is 214. The molecule has 0 aromatic heterocycles. The van der Waals surface area contributed by atoms with E-state index in [1.807, 2.05) is 6.92 Å². The van der Waals surface area contributed by atoms with E-state index in [1.165, 1.54) is 25.7 Å². The van der Waals surface area contributed by atoms with Crippen LogP contribution in [0.5, 0.6) is 0 Å². The van der Waals surface area contributed by atoms with E-state index in [4.69, 9.17) is 21.1 Å². The third-order valence-corrected chi connectivity index (χ3v) is 4.30. The number of alkyl halides is 1. The number of rotatable bonds is 4. The molecule has 0 N–H and O–H groups in total. The number of hydrogen-bond acceptors (Lipinski definition) is 2. The summed E-state index contributed by atoms with van der Waals surface area (Å²) in [6, 6.07) is 0. The van der Waals surface area contributed by atoms with Crippen LogP contribution in [0.15, 0.2) is 0 Å². The smallest absolute Gasteiger partial charge is 0.100 e. The molecule has 0 aromatic rings. The minimum atomic E-state index is 0.131. The highest BCUT2D eigenvalue weighted by Crippen LogP contribution is 2.35. The summed E-state index contributed by atoms with van der Waals surface area (Å²) in [5.74, 6) is 0.879. The van der Waals surface area contributed by atoms with Gasteiger partial charge in [-0.15, -0.1) is 11.6 Å². The van der Waals surface area contributed by atoms with Gasteiger partial charge in [0.25, 0.3) is 0 Å². The summed E-state index contributed by atoms with van der Waals surface area (Å²) in [6.45, 7) is 5.08. The lowest BCUT2D eigenvalue weighted by atomic mass is 9.87. The molecule has 2 fully saturated rings. The summed E-state index contributed by atoms with van der Waals surface area (Å²) in [5.41, 5.74) is 0. The molecule has 94 valence electrons. The summed E-state index contributed by atoms with van der Waals surface area (Å²) in [4.78, 5) is 0. The molecule has 2 aliphatic rings. The van der Waals surface area contributed by atoms with Crippen molar-refractivity contribution in [3.8, 4) is 0 Å². The fourth-order valence-corrected chi connectivity index (χ4v) is 3.09. The Morgan fingerprint density at radius 2 is 1.88 bits per heavy atom. The minimum Gasteiger partial charge on any atom is -0.374 e. The summed E-state index contributed by atoms with van der Waals surface area (Å²) < 4.78 is 11.7. The molecule has 2 nitrogen and oxygen atoms in total. The Hall–Kier alpha value is 0.210. The van der Waals surface area contributed by atoms with Crippen LogP contribution in [0.4, 0.5) is 0 Å². The van der Waals surface area contributed by atoms with Crippen molar-refractivity contribution in [1.82, 2.24) is 0 Å². The topological polar surface area (TPSA) is 18.5 Å². The monoisotopic (exact) mass is 246 g/mol. The molecule has 3 unspecified atom stereocenters. The maximum atomic E-state index is 6.12. The van der Waals surface area contributed by atoms with Crippen LogP contribution >= 0.6 is 11.6 Å². The first kappa shape index (κ1) is 12.7.